The molecule has 6 heteroatoms. The SMILES string of the molecule is CCOC(=O)c1cc(N)ccc1NCc1ccon1. The molecule has 19 heavy (non-hydrogen) atoms. The minimum atomic E-state index is -0.405. The average Bonchev–Trinajstić information content (AvgIpc) is 2.90. The first-order chi connectivity index (χ1) is 9.20. The zero-order chi connectivity index (χ0) is 13.7. The number of nitrogens with two attached hydrogens (primary N) is 1. The molecule has 0 radical (unpaired) electrons. The average molecular weight is 261 g/mol. The number of benzene rings is 1. The van der Waals surface area contributed by atoms with Crippen LogP contribution in [-0.2, 0) is 11.3 Å². The van der Waals surface area contributed by atoms with Crippen LogP contribution in [0.15, 0.2) is 35.1 Å². The Balaban J connectivity index is 2.16. The van der Waals surface area contributed by atoms with E-state index in [0.717, 1.165) is 5.69 Å². The molecule has 0 unspecified atom stereocenters. The Morgan fingerprint density at radius 2 is 2.32 bits per heavy atom. The molecule has 6 nitrogen and oxygen atoms in total. The Morgan fingerprint density at radius 3 is 3.00 bits per heavy atom. The number of nitrogens with zero attached hydrogens (tertiary/aromatic N) is 1. The second-order valence-electron chi connectivity index (χ2n) is 3.87. The van der Waals surface area contributed by atoms with E-state index in [0.29, 0.717) is 30.1 Å². The maximum absolute atomic E-state index is 11.8. The van der Waals surface area contributed by atoms with Gasteiger partial charge in [-0.2, -0.15) is 0 Å². The molecule has 0 aliphatic rings. The van der Waals surface area contributed by atoms with Gasteiger partial charge < -0.3 is 20.3 Å². The van der Waals surface area contributed by atoms with Crippen LogP contribution in [0.25, 0.3) is 0 Å². The molecule has 0 aliphatic carbocycles. The number of esters is 1. The van der Waals surface area contributed by atoms with E-state index in [1.54, 1.807) is 31.2 Å². The molecule has 0 atom stereocenters. The second kappa shape index (κ2) is 5.90. The summed E-state index contributed by atoms with van der Waals surface area (Å²) >= 11 is 0. The number of nitrogens with one attached hydrogen (secondary N) is 1. The lowest BCUT2D eigenvalue weighted by atomic mass is 10.1. The Kier molecular flexibility index (Phi) is 4.02. The maximum Gasteiger partial charge on any atom is 0.340 e. The standard InChI is InChI=1S/C13H15N3O3/c1-2-18-13(17)11-7-9(14)3-4-12(11)15-8-10-5-6-19-16-10/h3-7,15H,2,8,14H2,1H3. The third kappa shape index (κ3) is 3.25. The highest BCUT2D eigenvalue weighted by Gasteiger charge is 2.13. The van der Waals surface area contributed by atoms with E-state index in [1.165, 1.54) is 6.26 Å². The van der Waals surface area contributed by atoms with E-state index in [4.69, 9.17) is 15.0 Å². The molecule has 1 aromatic carbocycles. The Hall–Kier alpha value is -2.50. The van der Waals surface area contributed by atoms with Crippen molar-refractivity contribution in [2.75, 3.05) is 17.7 Å². The van der Waals surface area contributed by atoms with Gasteiger partial charge in [0.05, 0.1) is 18.7 Å². The lowest BCUT2D eigenvalue weighted by Gasteiger charge is -2.11. The van der Waals surface area contributed by atoms with Gasteiger partial charge in [-0.1, -0.05) is 5.16 Å². The minimum Gasteiger partial charge on any atom is -0.462 e. The number of hydrogen-bond donors (Lipinski definition) is 2. The van der Waals surface area contributed by atoms with Gasteiger partial charge in [-0.15, -0.1) is 0 Å². The first kappa shape index (κ1) is 12.9. The zero-order valence-corrected chi connectivity index (χ0v) is 10.6. The molecular formula is C13H15N3O3. The van der Waals surface area contributed by atoms with Crippen molar-refractivity contribution >= 4 is 17.3 Å². The molecule has 2 aromatic rings. The molecule has 0 saturated carbocycles. The highest BCUT2D eigenvalue weighted by molar-refractivity contribution is 5.96. The molecule has 0 saturated heterocycles. The van der Waals surface area contributed by atoms with Gasteiger partial charge in [0.1, 0.15) is 12.0 Å². The summed E-state index contributed by atoms with van der Waals surface area (Å²) in [5.41, 5.74) is 8.00. The second-order valence-corrected chi connectivity index (χ2v) is 3.87. The van der Waals surface area contributed by atoms with Crippen LogP contribution in [0.5, 0.6) is 0 Å². The van der Waals surface area contributed by atoms with Gasteiger partial charge in [0, 0.05) is 17.4 Å². The summed E-state index contributed by atoms with van der Waals surface area (Å²) in [6.07, 6.45) is 1.49. The fraction of sp³-hybridized carbons (Fsp3) is 0.231. The summed E-state index contributed by atoms with van der Waals surface area (Å²) in [6, 6.07) is 6.78. The summed E-state index contributed by atoms with van der Waals surface area (Å²) in [5.74, 6) is -0.405. The number of carbonyl (C=O) groups is 1. The molecule has 2 rings (SSSR count). The highest BCUT2D eigenvalue weighted by Crippen LogP contribution is 2.20. The molecule has 3 N–H and O–H groups in total. The lowest BCUT2D eigenvalue weighted by molar-refractivity contribution is 0.0527. The van der Waals surface area contributed by atoms with E-state index >= 15 is 0 Å². The van der Waals surface area contributed by atoms with Crippen LogP contribution < -0.4 is 11.1 Å². The van der Waals surface area contributed by atoms with Gasteiger partial charge in [0.25, 0.3) is 0 Å². The highest BCUT2D eigenvalue weighted by atomic mass is 16.5. The van der Waals surface area contributed by atoms with Crippen LogP contribution in [0.2, 0.25) is 0 Å². The van der Waals surface area contributed by atoms with E-state index < -0.39 is 5.97 Å². The number of ether oxygens (including phenoxy) is 1. The number of nitrogen functional groups attached to an aromatic ring is 1. The largest absolute Gasteiger partial charge is 0.462 e. The summed E-state index contributed by atoms with van der Waals surface area (Å²) < 4.78 is 9.73. The zero-order valence-electron chi connectivity index (χ0n) is 10.6. The summed E-state index contributed by atoms with van der Waals surface area (Å²) in [7, 11) is 0. The van der Waals surface area contributed by atoms with Crippen LogP contribution >= 0.6 is 0 Å². The van der Waals surface area contributed by atoms with E-state index in [-0.39, 0.29) is 0 Å². The molecule has 1 aromatic heterocycles. The van der Waals surface area contributed by atoms with Crippen molar-refractivity contribution in [3.8, 4) is 0 Å². The first-order valence-corrected chi connectivity index (χ1v) is 5.90. The molecule has 100 valence electrons. The monoisotopic (exact) mass is 261 g/mol. The summed E-state index contributed by atoms with van der Waals surface area (Å²) in [6.45, 7) is 2.52. The minimum absolute atomic E-state index is 0.316. The fourth-order valence-electron chi connectivity index (χ4n) is 1.61. The Bertz CT molecular complexity index is 552. The van der Waals surface area contributed by atoms with Crippen LogP contribution in [0.3, 0.4) is 0 Å². The van der Waals surface area contributed by atoms with Crippen molar-refractivity contribution in [3.63, 3.8) is 0 Å². The lowest BCUT2D eigenvalue weighted by Crippen LogP contribution is -2.10. The number of rotatable bonds is 5. The quantitative estimate of drug-likeness (QED) is 0.632. The van der Waals surface area contributed by atoms with Gasteiger partial charge in [-0.3, -0.25) is 0 Å². The third-order valence-corrected chi connectivity index (χ3v) is 2.49. The van der Waals surface area contributed by atoms with E-state index in [1.807, 2.05) is 0 Å². The number of hydrogen-bond acceptors (Lipinski definition) is 6. The van der Waals surface area contributed by atoms with E-state index in [2.05, 4.69) is 10.5 Å². The first-order valence-electron chi connectivity index (χ1n) is 5.90. The normalized spacial score (nSPS) is 10.2. The van der Waals surface area contributed by atoms with Crippen LogP contribution in [0, 0.1) is 0 Å². The Morgan fingerprint density at radius 1 is 1.47 bits per heavy atom. The predicted octanol–water partition coefficient (Wildman–Crippen LogP) is 2.05. The van der Waals surface area contributed by atoms with Crippen LogP contribution in [0.4, 0.5) is 11.4 Å². The molecule has 0 amide bonds. The molecule has 0 bridgehead atoms. The number of anilines is 2. The van der Waals surface area contributed by atoms with Gasteiger partial charge in [-0.05, 0) is 25.1 Å². The molecule has 0 fully saturated rings. The molecule has 0 aliphatic heterocycles. The van der Waals surface area contributed by atoms with Gasteiger partial charge in [-0.25, -0.2) is 4.79 Å². The number of carbonyl (C=O) groups excluding carboxylic acids is 1. The van der Waals surface area contributed by atoms with Gasteiger partial charge >= 0.3 is 5.97 Å². The van der Waals surface area contributed by atoms with Gasteiger partial charge in [0.2, 0.25) is 0 Å². The van der Waals surface area contributed by atoms with Crippen molar-refractivity contribution in [2.24, 2.45) is 0 Å². The maximum atomic E-state index is 11.8. The fourth-order valence-corrected chi connectivity index (χ4v) is 1.61. The summed E-state index contributed by atoms with van der Waals surface area (Å²) in [5, 5.41) is 6.88. The van der Waals surface area contributed by atoms with Crippen molar-refractivity contribution in [2.45, 2.75) is 13.5 Å². The number of aromatic nitrogens is 1. The van der Waals surface area contributed by atoms with Crippen molar-refractivity contribution < 1.29 is 14.1 Å². The van der Waals surface area contributed by atoms with Crippen molar-refractivity contribution in [3.05, 3.63) is 41.8 Å². The molecule has 1 heterocycles. The van der Waals surface area contributed by atoms with Crippen molar-refractivity contribution in [1.82, 2.24) is 5.16 Å². The van der Waals surface area contributed by atoms with E-state index in [9.17, 15) is 4.79 Å². The van der Waals surface area contributed by atoms with Gasteiger partial charge in [0.15, 0.2) is 0 Å². The topological polar surface area (TPSA) is 90.4 Å². The summed E-state index contributed by atoms with van der Waals surface area (Å²) in [4.78, 5) is 11.8. The molecule has 0 spiro atoms. The predicted molar refractivity (Wildman–Crippen MR) is 70.6 cm³/mol. The third-order valence-electron chi connectivity index (χ3n) is 2.49. The smallest absolute Gasteiger partial charge is 0.340 e. The van der Waals surface area contributed by atoms with Crippen LogP contribution in [0.1, 0.15) is 23.0 Å². The molecular weight excluding hydrogens is 246 g/mol. The Labute approximate surface area is 110 Å². The van der Waals surface area contributed by atoms with Crippen LogP contribution in [-0.4, -0.2) is 17.7 Å². The van der Waals surface area contributed by atoms with Crippen molar-refractivity contribution in [1.29, 1.82) is 0 Å².